The van der Waals surface area contributed by atoms with Gasteiger partial charge in [-0.2, -0.15) is 0 Å². The summed E-state index contributed by atoms with van der Waals surface area (Å²) in [6.45, 7) is 2.06. The third kappa shape index (κ3) is 5.40. The van der Waals surface area contributed by atoms with E-state index in [0.29, 0.717) is 18.2 Å². The molecule has 2 heterocycles. The van der Waals surface area contributed by atoms with Crippen molar-refractivity contribution < 1.29 is 9.90 Å². The van der Waals surface area contributed by atoms with E-state index in [9.17, 15) is 9.90 Å². The lowest BCUT2D eigenvalue weighted by Gasteiger charge is -2.31. The molecule has 5 N–H and O–H groups in total. The molecule has 27 heavy (non-hydrogen) atoms. The number of aromatic amines is 1. The van der Waals surface area contributed by atoms with Crippen molar-refractivity contribution in [1.82, 2.24) is 24.8 Å². The highest BCUT2D eigenvalue weighted by atomic mass is 16.3. The number of aliphatic hydroxyl groups is 1. The number of nitrogens with two attached hydrogens (primary N) is 1. The summed E-state index contributed by atoms with van der Waals surface area (Å²) in [5, 5.41) is 14.4. The molecule has 0 aromatic carbocycles. The highest BCUT2D eigenvalue weighted by Crippen LogP contribution is 2.30. The summed E-state index contributed by atoms with van der Waals surface area (Å²) >= 11 is 0. The fourth-order valence-corrected chi connectivity index (χ4v) is 4.03. The summed E-state index contributed by atoms with van der Waals surface area (Å²) < 4.78 is 1.28. The molecule has 3 rings (SSSR count). The number of aromatic nitrogens is 4. The van der Waals surface area contributed by atoms with Gasteiger partial charge in [0.1, 0.15) is 18.3 Å². The zero-order chi connectivity index (χ0) is 19.2. The number of amides is 1. The number of aliphatic hydroxyl groups excluding tert-OH is 1. The molecular formula is C19H30N6O2. The molecule has 1 saturated carbocycles. The van der Waals surface area contributed by atoms with Crippen LogP contribution in [0.5, 0.6) is 0 Å². The SMILES string of the molecule is CC(Cc1cn(C(N)=O)cn1)N[C@H](CC1CCCCC1)[C@H](O)c1ncc[nH]1. The molecule has 1 fully saturated rings. The summed E-state index contributed by atoms with van der Waals surface area (Å²) in [7, 11) is 0. The Morgan fingerprint density at radius 2 is 2.19 bits per heavy atom. The number of primary amides is 1. The highest BCUT2D eigenvalue weighted by Gasteiger charge is 2.28. The van der Waals surface area contributed by atoms with Crippen LogP contribution in [0.25, 0.3) is 0 Å². The van der Waals surface area contributed by atoms with Gasteiger partial charge in [0.15, 0.2) is 0 Å². The van der Waals surface area contributed by atoms with Crippen LogP contribution >= 0.6 is 0 Å². The molecule has 8 nitrogen and oxygen atoms in total. The van der Waals surface area contributed by atoms with Crippen molar-refractivity contribution in [2.75, 3.05) is 0 Å². The number of carbonyl (C=O) groups excluding carboxylic acids is 1. The van der Waals surface area contributed by atoms with Crippen LogP contribution in [-0.4, -0.2) is 42.7 Å². The Morgan fingerprint density at radius 1 is 1.41 bits per heavy atom. The Labute approximate surface area is 159 Å². The van der Waals surface area contributed by atoms with Crippen molar-refractivity contribution in [2.45, 2.75) is 70.1 Å². The van der Waals surface area contributed by atoms with Crippen molar-refractivity contribution in [3.8, 4) is 0 Å². The Bertz CT molecular complexity index is 708. The molecule has 0 spiro atoms. The third-order valence-electron chi connectivity index (χ3n) is 5.40. The second-order valence-electron chi connectivity index (χ2n) is 7.65. The molecule has 0 aliphatic heterocycles. The number of hydrogen-bond acceptors (Lipinski definition) is 5. The van der Waals surface area contributed by atoms with E-state index >= 15 is 0 Å². The molecule has 0 bridgehead atoms. The zero-order valence-corrected chi connectivity index (χ0v) is 15.8. The van der Waals surface area contributed by atoms with Crippen molar-refractivity contribution in [2.24, 2.45) is 11.7 Å². The molecule has 1 unspecified atom stereocenters. The van der Waals surface area contributed by atoms with Crippen molar-refractivity contribution in [3.05, 3.63) is 36.4 Å². The Hall–Kier alpha value is -2.19. The van der Waals surface area contributed by atoms with Gasteiger partial charge >= 0.3 is 6.03 Å². The van der Waals surface area contributed by atoms with Gasteiger partial charge in [0.2, 0.25) is 0 Å². The molecular weight excluding hydrogens is 344 g/mol. The lowest BCUT2D eigenvalue weighted by Crippen LogP contribution is -2.43. The number of H-pyrrole nitrogens is 1. The topological polar surface area (TPSA) is 122 Å². The smallest absolute Gasteiger partial charge is 0.324 e. The standard InChI is InChI=1S/C19H30N6O2/c1-13(9-15-11-25(12-23-15)19(20)27)24-16(10-14-5-3-2-4-6-14)17(26)18-21-7-8-22-18/h7-8,11-14,16-17,24,26H,2-6,9-10H2,1H3,(H2,20,27)(H,21,22)/t13?,16-,17+/m1/s1. The predicted molar refractivity (Wildman–Crippen MR) is 102 cm³/mol. The Kier molecular flexibility index (Phi) is 6.63. The zero-order valence-electron chi connectivity index (χ0n) is 15.8. The molecule has 1 aliphatic carbocycles. The normalized spacial score (nSPS) is 18.9. The molecule has 0 saturated heterocycles. The second-order valence-corrected chi connectivity index (χ2v) is 7.65. The molecule has 3 atom stereocenters. The molecule has 0 radical (unpaired) electrons. The van der Waals surface area contributed by atoms with E-state index in [2.05, 4.69) is 27.2 Å². The maximum Gasteiger partial charge on any atom is 0.324 e. The summed E-state index contributed by atoms with van der Waals surface area (Å²) in [6.07, 6.45) is 13.7. The van der Waals surface area contributed by atoms with E-state index in [1.165, 1.54) is 43.0 Å². The van der Waals surface area contributed by atoms with Crippen LogP contribution in [0.3, 0.4) is 0 Å². The van der Waals surface area contributed by atoms with E-state index in [0.717, 1.165) is 12.1 Å². The number of nitrogens with one attached hydrogen (secondary N) is 2. The summed E-state index contributed by atoms with van der Waals surface area (Å²) in [6, 6.07) is -0.551. The number of carbonyl (C=O) groups is 1. The van der Waals surface area contributed by atoms with E-state index in [1.807, 2.05) is 0 Å². The molecule has 148 valence electrons. The maximum absolute atomic E-state index is 11.2. The third-order valence-corrected chi connectivity index (χ3v) is 5.40. The van der Waals surface area contributed by atoms with Gasteiger partial charge in [-0.3, -0.25) is 4.57 Å². The van der Waals surface area contributed by atoms with Crippen molar-refractivity contribution >= 4 is 6.03 Å². The molecule has 2 aromatic rings. The molecule has 8 heteroatoms. The van der Waals surface area contributed by atoms with Gasteiger partial charge in [0.25, 0.3) is 0 Å². The summed E-state index contributed by atoms with van der Waals surface area (Å²) in [5.74, 6) is 1.22. The van der Waals surface area contributed by atoms with Crippen LogP contribution in [0.15, 0.2) is 24.9 Å². The maximum atomic E-state index is 11.2. The lowest BCUT2D eigenvalue weighted by molar-refractivity contribution is 0.0959. The van der Waals surface area contributed by atoms with E-state index in [1.54, 1.807) is 18.6 Å². The average Bonchev–Trinajstić information content (AvgIpc) is 3.33. The van der Waals surface area contributed by atoms with Crippen LogP contribution in [0, 0.1) is 5.92 Å². The monoisotopic (exact) mass is 374 g/mol. The molecule has 1 aliphatic rings. The van der Waals surface area contributed by atoms with Gasteiger partial charge in [-0.1, -0.05) is 32.1 Å². The first-order valence-corrected chi connectivity index (χ1v) is 9.79. The van der Waals surface area contributed by atoms with Gasteiger partial charge < -0.3 is 21.1 Å². The van der Waals surface area contributed by atoms with Crippen LogP contribution < -0.4 is 11.1 Å². The van der Waals surface area contributed by atoms with E-state index in [-0.39, 0.29) is 12.1 Å². The van der Waals surface area contributed by atoms with Gasteiger partial charge in [-0.05, 0) is 19.3 Å². The molecule has 1 amide bonds. The Balaban J connectivity index is 1.64. The summed E-state index contributed by atoms with van der Waals surface area (Å²) in [4.78, 5) is 22.7. The van der Waals surface area contributed by atoms with E-state index < -0.39 is 12.1 Å². The van der Waals surface area contributed by atoms with Crippen LogP contribution in [-0.2, 0) is 6.42 Å². The largest absolute Gasteiger partial charge is 0.384 e. The van der Waals surface area contributed by atoms with Crippen LogP contribution in [0.2, 0.25) is 0 Å². The minimum atomic E-state index is -0.687. The van der Waals surface area contributed by atoms with Gasteiger partial charge in [0.05, 0.1) is 5.69 Å². The van der Waals surface area contributed by atoms with Crippen LogP contribution in [0.1, 0.15) is 63.1 Å². The quantitative estimate of drug-likeness (QED) is 0.564. The Morgan fingerprint density at radius 3 is 2.81 bits per heavy atom. The second kappa shape index (κ2) is 9.14. The minimum absolute atomic E-state index is 0.0828. The average molecular weight is 374 g/mol. The summed E-state index contributed by atoms with van der Waals surface area (Å²) in [5.41, 5.74) is 6.05. The highest BCUT2D eigenvalue weighted by molar-refractivity contribution is 5.74. The van der Waals surface area contributed by atoms with Crippen molar-refractivity contribution in [3.63, 3.8) is 0 Å². The number of hydrogen-bond donors (Lipinski definition) is 4. The number of imidazole rings is 2. The van der Waals surface area contributed by atoms with Crippen molar-refractivity contribution in [1.29, 1.82) is 0 Å². The van der Waals surface area contributed by atoms with Gasteiger partial charge in [-0.25, -0.2) is 14.8 Å². The fraction of sp³-hybridized carbons (Fsp3) is 0.632. The first kappa shape index (κ1) is 19.6. The molecule has 2 aromatic heterocycles. The predicted octanol–water partition coefficient (Wildman–Crippen LogP) is 2.13. The van der Waals surface area contributed by atoms with Crippen LogP contribution in [0.4, 0.5) is 4.79 Å². The number of nitrogens with zero attached hydrogens (tertiary/aromatic N) is 3. The fourth-order valence-electron chi connectivity index (χ4n) is 4.03. The number of rotatable bonds is 8. The lowest BCUT2D eigenvalue weighted by atomic mass is 9.83. The first-order valence-electron chi connectivity index (χ1n) is 9.79. The first-order chi connectivity index (χ1) is 13.0. The van der Waals surface area contributed by atoms with Gasteiger partial charge in [0, 0.05) is 37.1 Å². The minimum Gasteiger partial charge on any atom is -0.384 e. The van der Waals surface area contributed by atoms with E-state index in [4.69, 9.17) is 5.73 Å². The van der Waals surface area contributed by atoms with Gasteiger partial charge in [-0.15, -0.1) is 0 Å².